The highest BCUT2D eigenvalue weighted by Gasteiger charge is 2.39. The largest absolute Gasteiger partial charge is 0.385 e. The first-order chi connectivity index (χ1) is 14.3. The highest BCUT2D eigenvalue weighted by atomic mass is 16.5. The number of benzene rings is 1. The molecule has 1 aromatic carbocycles. The highest BCUT2D eigenvalue weighted by Crippen LogP contribution is 2.43. The minimum Gasteiger partial charge on any atom is -0.385 e. The number of rotatable bonds is 3. The van der Waals surface area contributed by atoms with Crippen LogP contribution in [0.15, 0.2) is 23.9 Å². The highest BCUT2D eigenvalue weighted by molar-refractivity contribution is 6.33. The molecule has 0 bridgehead atoms. The topological polar surface area (TPSA) is 72.1 Å². The van der Waals surface area contributed by atoms with Gasteiger partial charge in [-0.25, -0.2) is 0 Å². The molecule has 2 N–H and O–H groups in total. The van der Waals surface area contributed by atoms with Crippen molar-refractivity contribution in [1.82, 2.24) is 5.32 Å². The van der Waals surface area contributed by atoms with Crippen LogP contribution in [0, 0.1) is 0 Å². The lowest BCUT2D eigenvalue weighted by atomic mass is 10.0. The number of hydrogen-bond donors (Lipinski definition) is 2. The first kappa shape index (κ1) is 18.9. The second kappa shape index (κ2) is 8.34. The normalized spacial score (nSPS) is 28.2. The van der Waals surface area contributed by atoms with E-state index < -0.39 is 0 Å². The van der Waals surface area contributed by atoms with Crippen LogP contribution in [0.2, 0.25) is 0 Å². The molecule has 3 fully saturated rings. The molecule has 1 unspecified atom stereocenters. The van der Waals surface area contributed by atoms with Crippen molar-refractivity contribution in [2.75, 3.05) is 56.4 Å². The maximum Gasteiger partial charge on any atom is 0.261 e. The van der Waals surface area contributed by atoms with Crippen LogP contribution in [0.5, 0.6) is 0 Å². The van der Waals surface area contributed by atoms with Crippen molar-refractivity contribution < 1.29 is 19.0 Å². The third-order valence-electron chi connectivity index (χ3n) is 6.20. The Balaban J connectivity index is 1.53. The van der Waals surface area contributed by atoms with Gasteiger partial charge in [0.05, 0.1) is 37.1 Å². The van der Waals surface area contributed by atoms with Crippen molar-refractivity contribution in [3.8, 4) is 0 Å². The SMILES string of the molecule is O=C1/C(=C2/CCOCCN2)c2cc(NC3CCOC3)ccc2N1C1CCOCC1. The van der Waals surface area contributed by atoms with Gasteiger partial charge in [-0.2, -0.15) is 0 Å². The second-order valence-electron chi connectivity index (χ2n) is 8.10. The van der Waals surface area contributed by atoms with E-state index >= 15 is 0 Å². The van der Waals surface area contributed by atoms with Crippen LogP contribution < -0.4 is 15.5 Å². The Morgan fingerprint density at radius 3 is 2.66 bits per heavy atom. The number of fused-ring (bicyclic) bond motifs is 1. The predicted octanol–water partition coefficient (Wildman–Crippen LogP) is 2.13. The number of carbonyl (C=O) groups is 1. The Bertz CT molecular complexity index is 787. The van der Waals surface area contributed by atoms with Gasteiger partial charge >= 0.3 is 0 Å². The standard InChI is InChI=1S/C22H29N3O4/c26-22-21(19-6-11-28-12-7-23-19)18-13-15(24-16-3-8-29-14-16)1-2-20(18)25(22)17-4-9-27-10-5-17/h1-2,13,16-17,23-24H,3-12,14H2/b21-19-. The molecule has 5 rings (SSSR count). The second-order valence-corrected chi connectivity index (χ2v) is 8.10. The smallest absolute Gasteiger partial charge is 0.261 e. The van der Waals surface area contributed by atoms with Crippen LogP contribution in [0.3, 0.4) is 0 Å². The van der Waals surface area contributed by atoms with E-state index in [1.807, 2.05) is 4.90 Å². The average Bonchev–Trinajstić information content (AvgIpc) is 3.25. The fourth-order valence-electron chi connectivity index (χ4n) is 4.71. The molecule has 0 aromatic heterocycles. The Labute approximate surface area is 171 Å². The van der Waals surface area contributed by atoms with Gasteiger partial charge in [0.2, 0.25) is 0 Å². The summed E-state index contributed by atoms with van der Waals surface area (Å²) >= 11 is 0. The lowest BCUT2D eigenvalue weighted by Crippen LogP contribution is -2.41. The van der Waals surface area contributed by atoms with Gasteiger partial charge in [-0.15, -0.1) is 0 Å². The van der Waals surface area contributed by atoms with E-state index in [2.05, 4.69) is 28.8 Å². The summed E-state index contributed by atoms with van der Waals surface area (Å²) in [7, 11) is 0. The van der Waals surface area contributed by atoms with Gasteiger partial charge in [-0.1, -0.05) is 0 Å². The monoisotopic (exact) mass is 399 g/mol. The molecule has 7 nitrogen and oxygen atoms in total. The van der Waals surface area contributed by atoms with E-state index in [4.69, 9.17) is 14.2 Å². The predicted molar refractivity (Wildman–Crippen MR) is 111 cm³/mol. The molecule has 4 aliphatic heterocycles. The van der Waals surface area contributed by atoms with E-state index in [9.17, 15) is 4.79 Å². The third kappa shape index (κ3) is 3.74. The molecule has 0 radical (unpaired) electrons. The summed E-state index contributed by atoms with van der Waals surface area (Å²) in [5.41, 5.74) is 4.90. The van der Waals surface area contributed by atoms with Crippen molar-refractivity contribution in [2.24, 2.45) is 0 Å². The van der Waals surface area contributed by atoms with Crippen LogP contribution in [-0.2, 0) is 19.0 Å². The Morgan fingerprint density at radius 1 is 1.00 bits per heavy atom. The van der Waals surface area contributed by atoms with Gasteiger partial charge in [-0.05, 0) is 37.5 Å². The zero-order chi connectivity index (χ0) is 19.6. The first-order valence-electron chi connectivity index (χ1n) is 10.8. The maximum absolute atomic E-state index is 13.6. The molecular formula is C22H29N3O4. The number of anilines is 2. The molecule has 29 heavy (non-hydrogen) atoms. The lowest BCUT2D eigenvalue weighted by molar-refractivity contribution is -0.113. The van der Waals surface area contributed by atoms with Crippen molar-refractivity contribution in [3.05, 3.63) is 29.5 Å². The summed E-state index contributed by atoms with van der Waals surface area (Å²) in [5.74, 6) is 0.109. The van der Waals surface area contributed by atoms with Gasteiger partial charge in [0.25, 0.3) is 5.91 Å². The number of hydrogen-bond acceptors (Lipinski definition) is 6. The molecular weight excluding hydrogens is 370 g/mol. The molecule has 4 aliphatic rings. The Hall–Kier alpha value is -2.09. The Kier molecular flexibility index (Phi) is 5.44. The van der Waals surface area contributed by atoms with E-state index in [-0.39, 0.29) is 11.9 Å². The molecule has 7 heteroatoms. The first-order valence-corrected chi connectivity index (χ1v) is 10.8. The number of carbonyl (C=O) groups excluding carboxylic acids is 1. The van der Waals surface area contributed by atoms with Gasteiger partial charge < -0.3 is 29.7 Å². The van der Waals surface area contributed by atoms with Gasteiger partial charge in [-0.3, -0.25) is 4.79 Å². The van der Waals surface area contributed by atoms with E-state index in [0.717, 1.165) is 73.7 Å². The number of nitrogens with zero attached hydrogens (tertiary/aromatic N) is 1. The molecule has 1 aromatic rings. The van der Waals surface area contributed by atoms with Gasteiger partial charge in [0, 0.05) is 55.8 Å². The number of ether oxygens (including phenoxy) is 3. The van der Waals surface area contributed by atoms with Crippen molar-refractivity contribution in [2.45, 2.75) is 37.8 Å². The Morgan fingerprint density at radius 2 is 1.83 bits per heavy atom. The van der Waals surface area contributed by atoms with Gasteiger partial charge in [0.1, 0.15) is 0 Å². The van der Waals surface area contributed by atoms with E-state index in [1.54, 1.807) is 0 Å². The van der Waals surface area contributed by atoms with Crippen molar-refractivity contribution in [3.63, 3.8) is 0 Å². The third-order valence-corrected chi connectivity index (χ3v) is 6.20. The number of nitrogens with one attached hydrogen (secondary N) is 2. The molecule has 156 valence electrons. The molecule has 4 heterocycles. The molecule has 1 atom stereocenters. The van der Waals surface area contributed by atoms with E-state index in [0.29, 0.717) is 32.5 Å². The van der Waals surface area contributed by atoms with Crippen LogP contribution in [0.4, 0.5) is 11.4 Å². The van der Waals surface area contributed by atoms with Crippen LogP contribution in [0.1, 0.15) is 31.2 Å². The molecule has 1 amide bonds. The quantitative estimate of drug-likeness (QED) is 0.759. The maximum atomic E-state index is 13.6. The summed E-state index contributed by atoms with van der Waals surface area (Å²) < 4.78 is 16.6. The fraction of sp³-hybridized carbons (Fsp3) is 0.591. The lowest BCUT2D eigenvalue weighted by Gasteiger charge is -2.31. The number of amides is 1. The minimum atomic E-state index is 0.109. The summed E-state index contributed by atoms with van der Waals surface area (Å²) in [6.45, 7) is 5.00. The fourth-order valence-corrected chi connectivity index (χ4v) is 4.71. The molecule has 0 spiro atoms. The zero-order valence-corrected chi connectivity index (χ0v) is 16.7. The summed E-state index contributed by atoms with van der Waals surface area (Å²) in [6, 6.07) is 6.85. The minimum absolute atomic E-state index is 0.109. The van der Waals surface area contributed by atoms with Crippen molar-refractivity contribution >= 4 is 22.9 Å². The van der Waals surface area contributed by atoms with Crippen molar-refractivity contribution in [1.29, 1.82) is 0 Å². The summed E-state index contributed by atoms with van der Waals surface area (Å²) in [6.07, 6.45) is 3.50. The van der Waals surface area contributed by atoms with E-state index in [1.165, 1.54) is 0 Å². The molecule has 3 saturated heterocycles. The zero-order valence-electron chi connectivity index (χ0n) is 16.7. The van der Waals surface area contributed by atoms with Crippen LogP contribution >= 0.6 is 0 Å². The molecule has 0 aliphatic carbocycles. The average molecular weight is 399 g/mol. The molecule has 0 saturated carbocycles. The van der Waals surface area contributed by atoms with Crippen LogP contribution in [0.25, 0.3) is 5.57 Å². The van der Waals surface area contributed by atoms with Gasteiger partial charge in [0.15, 0.2) is 0 Å². The summed E-state index contributed by atoms with van der Waals surface area (Å²) in [4.78, 5) is 15.6. The summed E-state index contributed by atoms with van der Waals surface area (Å²) in [5, 5.41) is 7.03. The van der Waals surface area contributed by atoms with Crippen LogP contribution in [-0.4, -0.2) is 64.2 Å².